The van der Waals surface area contributed by atoms with Gasteiger partial charge in [0.05, 0.1) is 4.88 Å². The van der Waals surface area contributed by atoms with Gasteiger partial charge in [0.2, 0.25) is 11.3 Å². The Morgan fingerprint density at radius 2 is 1.67 bits per heavy atom. The van der Waals surface area contributed by atoms with E-state index in [1.54, 1.807) is 11.3 Å². The molecule has 0 bridgehead atoms. The van der Waals surface area contributed by atoms with Crippen LogP contribution in [0.3, 0.4) is 0 Å². The lowest BCUT2D eigenvalue weighted by Crippen LogP contribution is -1.96. The summed E-state index contributed by atoms with van der Waals surface area (Å²) in [5.74, 6) is 0.192. The van der Waals surface area contributed by atoms with Gasteiger partial charge in [-0.2, -0.15) is 0 Å². The van der Waals surface area contributed by atoms with Crippen LogP contribution in [0.15, 0.2) is 54.6 Å². The maximum absolute atomic E-state index is 12.4. The lowest BCUT2D eigenvalue weighted by Gasteiger charge is -2.05. The number of hydrogen-bond donors (Lipinski definition) is 2. The Kier molecular flexibility index (Phi) is 7.89. The molecule has 0 aliphatic carbocycles. The summed E-state index contributed by atoms with van der Waals surface area (Å²) < 4.78 is 16.2. The highest BCUT2D eigenvalue weighted by atomic mass is 35.5. The zero-order chi connectivity index (χ0) is 20.0. The molecule has 0 aliphatic rings. The molecule has 0 amide bonds. The second-order valence-electron chi connectivity index (χ2n) is 5.69. The summed E-state index contributed by atoms with van der Waals surface area (Å²) >= 11 is 5.46. The van der Waals surface area contributed by atoms with Crippen LogP contribution in [0.2, 0.25) is 5.02 Å². The normalized spacial score (nSPS) is 11.4. The number of carbonyl (C=O) groups is 1. The highest BCUT2D eigenvalue weighted by Crippen LogP contribution is 2.42. The van der Waals surface area contributed by atoms with Crippen LogP contribution in [0.4, 0.5) is 0 Å². The van der Waals surface area contributed by atoms with Gasteiger partial charge in [-0.25, -0.2) is 9.35 Å². The van der Waals surface area contributed by atoms with E-state index in [9.17, 15) is 4.79 Å². The molecule has 4 nitrogen and oxygen atoms in total. The number of halogens is 1. The van der Waals surface area contributed by atoms with Gasteiger partial charge in [-0.3, -0.25) is 9.35 Å². The lowest BCUT2D eigenvalue weighted by molar-refractivity contribution is 0.0992. The molecule has 3 aromatic rings. The largest absolute Gasteiger partial charge is 0.294 e. The van der Waals surface area contributed by atoms with Crippen molar-refractivity contribution in [2.45, 2.75) is 20.3 Å². The van der Waals surface area contributed by atoms with Crippen LogP contribution in [0.25, 0.3) is 21.6 Å². The molecule has 0 saturated heterocycles. The van der Waals surface area contributed by atoms with Crippen molar-refractivity contribution in [1.29, 1.82) is 0 Å². The fraction of sp³-hybridized carbons (Fsp3) is 0.150. The molecule has 0 fully saturated rings. The number of Topliss-reactive ketones (excluding diaryl/α,β-unsaturated/α-hetero) is 1. The molecule has 0 aliphatic heterocycles. The van der Waals surface area contributed by atoms with Gasteiger partial charge in [-0.05, 0) is 35.7 Å². The van der Waals surface area contributed by atoms with Gasteiger partial charge in [-0.15, -0.1) is 11.3 Å². The van der Waals surface area contributed by atoms with E-state index in [-0.39, 0.29) is 5.78 Å². The van der Waals surface area contributed by atoms with E-state index >= 15 is 0 Å². The third-order valence-electron chi connectivity index (χ3n) is 3.89. The van der Waals surface area contributed by atoms with Gasteiger partial charge in [0.15, 0.2) is 5.78 Å². The highest BCUT2D eigenvalue weighted by Gasteiger charge is 2.21. The van der Waals surface area contributed by atoms with Crippen molar-refractivity contribution in [2.24, 2.45) is 5.14 Å². The summed E-state index contributed by atoms with van der Waals surface area (Å²) in [4.78, 5) is 14.4. The van der Waals surface area contributed by atoms with Crippen molar-refractivity contribution in [3.63, 3.8) is 0 Å². The standard InChI is InChI=1S/C20H17ClOS.H3NO2S/c1-3-17(22)20-18(14-7-5-4-6-8-14)13(2)19(23-20)15-9-11-16(21)12-10-15;1-4(2)3/h4-12H,3H2,1-2H3;1H2,(H,2,3). The summed E-state index contributed by atoms with van der Waals surface area (Å²) in [6, 6.07) is 17.9. The number of rotatable bonds is 4. The maximum atomic E-state index is 12.4. The van der Waals surface area contributed by atoms with Crippen molar-refractivity contribution < 1.29 is 13.6 Å². The summed E-state index contributed by atoms with van der Waals surface area (Å²) in [5, 5.41) is 4.86. The first-order valence-corrected chi connectivity index (χ1v) is 10.5. The summed E-state index contributed by atoms with van der Waals surface area (Å²) in [5.41, 5.74) is 4.41. The quantitative estimate of drug-likeness (QED) is 0.417. The Bertz CT molecular complexity index is 934. The minimum atomic E-state index is -2.11. The summed E-state index contributed by atoms with van der Waals surface area (Å²) in [6.45, 7) is 4.00. The molecule has 1 aromatic heterocycles. The van der Waals surface area contributed by atoms with Crippen LogP contribution >= 0.6 is 22.9 Å². The fourth-order valence-electron chi connectivity index (χ4n) is 2.70. The third-order valence-corrected chi connectivity index (χ3v) is 5.52. The Balaban J connectivity index is 0.000000596. The molecular weight excluding hydrogens is 402 g/mol. The molecule has 142 valence electrons. The molecule has 1 heterocycles. The Labute approximate surface area is 170 Å². The Morgan fingerprint density at radius 3 is 2.19 bits per heavy atom. The zero-order valence-corrected chi connectivity index (χ0v) is 17.3. The average Bonchev–Trinajstić information content (AvgIpc) is 2.99. The molecule has 2 aromatic carbocycles. The van der Waals surface area contributed by atoms with E-state index in [0.717, 1.165) is 37.0 Å². The molecular formula is C20H20ClNO3S2. The highest BCUT2D eigenvalue weighted by molar-refractivity contribution is 7.76. The molecule has 0 saturated carbocycles. The van der Waals surface area contributed by atoms with Gasteiger partial charge < -0.3 is 0 Å². The second-order valence-corrected chi connectivity index (χ2v) is 7.70. The van der Waals surface area contributed by atoms with Gasteiger partial charge in [-0.1, -0.05) is 61.0 Å². The van der Waals surface area contributed by atoms with Crippen LogP contribution in [0.5, 0.6) is 0 Å². The molecule has 1 unspecified atom stereocenters. The zero-order valence-electron chi connectivity index (χ0n) is 14.9. The Morgan fingerprint density at radius 1 is 1.11 bits per heavy atom. The van der Waals surface area contributed by atoms with Gasteiger partial charge in [0.25, 0.3) is 0 Å². The van der Waals surface area contributed by atoms with Crippen molar-refractivity contribution in [2.75, 3.05) is 0 Å². The van der Waals surface area contributed by atoms with E-state index in [0.29, 0.717) is 6.42 Å². The van der Waals surface area contributed by atoms with Crippen LogP contribution in [0, 0.1) is 6.92 Å². The number of hydrogen-bond acceptors (Lipinski definition) is 3. The van der Waals surface area contributed by atoms with Crippen molar-refractivity contribution in [3.8, 4) is 21.6 Å². The van der Waals surface area contributed by atoms with Crippen molar-refractivity contribution in [3.05, 3.63) is 70.1 Å². The molecule has 3 rings (SSSR count). The smallest absolute Gasteiger partial charge is 0.228 e. The van der Waals surface area contributed by atoms with Crippen LogP contribution in [-0.4, -0.2) is 14.5 Å². The van der Waals surface area contributed by atoms with E-state index in [4.69, 9.17) is 20.4 Å². The van der Waals surface area contributed by atoms with E-state index in [2.05, 4.69) is 24.2 Å². The molecule has 0 spiro atoms. The van der Waals surface area contributed by atoms with Crippen LogP contribution in [-0.2, 0) is 11.3 Å². The molecule has 3 N–H and O–H groups in total. The third kappa shape index (κ3) is 5.57. The van der Waals surface area contributed by atoms with Crippen molar-refractivity contribution >= 4 is 40.0 Å². The van der Waals surface area contributed by atoms with Crippen LogP contribution < -0.4 is 5.14 Å². The average molecular weight is 422 g/mol. The Hall–Kier alpha value is -1.83. The number of nitrogens with two attached hydrogens (primary N) is 1. The van der Waals surface area contributed by atoms with E-state index in [1.165, 1.54) is 0 Å². The predicted molar refractivity (Wildman–Crippen MR) is 115 cm³/mol. The van der Waals surface area contributed by atoms with Crippen molar-refractivity contribution in [1.82, 2.24) is 0 Å². The first-order valence-electron chi connectivity index (χ1n) is 8.18. The fourth-order valence-corrected chi connectivity index (χ4v) is 4.17. The SMILES string of the molecule is CCC(=O)c1sc(-c2ccc(Cl)cc2)c(C)c1-c1ccccc1.NS(=O)O. The minimum absolute atomic E-state index is 0.192. The lowest BCUT2D eigenvalue weighted by atomic mass is 9.97. The first kappa shape index (κ1) is 21.5. The molecule has 7 heteroatoms. The monoisotopic (exact) mass is 421 g/mol. The molecule has 1 atom stereocenters. The van der Waals surface area contributed by atoms with Gasteiger partial charge in [0.1, 0.15) is 0 Å². The number of thiophene rings is 1. The number of benzene rings is 2. The summed E-state index contributed by atoms with van der Waals surface area (Å²) in [7, 11) is 0. The van der Waals surface area contributed by atoms with E-state index in [1.807, 2.05) is 49.4 Å². The predicted octanol–water partition coefficient (Wildman–Crippen LogP) is 5.72. The van der Waals surface area contributed by atoms with Gasteiger partial charge in [0, 0.05) is 21.9 Å². The number of carbonyl (C=O) groups excluding carboxylic acids is 1. The summed E-state index contributed by atoms with van der Waals surface area (Å²) in [6.07, 6.45) is 0.514. The molecule has 27 heavy (non-hydrogen) atoms. The first-order chi connectivity index (χ1) is 12.8. The van der Waals surface area contributed by atoms with E-state index < -0.39 is 11.3 Å². The second kappa shape index (κ2) is 9.92. The number of ketones is 1. The van der Waals surface area contributed by atoms with Gasteiger partial charge >= 0.3 is 0 Å². The topological polar surface area (TPSA) is 80.4 Å². The van der Waals surface area contributed by atoms with Crippen LogP contribution in [0.1, 0.15) is 28.6 Å². The molecule has 0 radical (unpaired) electrons. The maximum Gasteiger partial charge on any atom is 0.228 e. The minimum Gasteiger partial charge on any atom is -0.294 e.